The van der Waals surface area contributed by atoms with Gasteiger partial charge >= 0.3 is 0 Å². The van der Waals surface area contributed by atoms with E-state index in [2.05, 4.69) is 9.97 Å². The number of rotatable bonds is 2. The highest BCUT2D eigenvalue weighted by atomic mass is 35.5. The first-order valence-electron chi connectivity index (χ1n) is 4.13. The van der Waals surface area contributed by atoms with Crippen LogP contribution >= 0.6 is 23.2 Å². The summed E-state index contributed by atoms with van der Waals surface area (Å²) in [5.41, 5.74) is 0. The summed E-state index contributed by atoms with van der Waals surface area (Å²) >= 11 is 11.6. The van der Waals surface area contributed by atoms with E-state index in [0.717, 1.165) is 0 Å². The summed E-state index contributed by atoms with van der Waals surface area (Å²) in [4.78, 5) is 7.65. The van der Waals surface area contributed by atoms with Crippen molar-refractivity contribution in [1.29, 1.82) is 0 Å². The molecule has 1 aromatic heterocycles. The van der Waals surface area contributed by atoms with Crippen LogP contribution in [-0.4, -0.2) is 9.97 Å². The van der Waals surface area contributed by atoms with Gasteiger partial charge in [0.05, 0.1) is 22.4 Å². The van der Waals surface area contributed by atoms with Crippen molar-refractivity contribution < 1.29 is 4.74 Å². The molecule has 0 spiro atoms. The predicted molar refractivity (Wildman–Crippen MR) is 58.6 cm³/mol. The highest BCUT2D eigenvalue weighted by Gasteiger charge is 2.01. The first kappa shape index (κ1) is 10.2. The van der Waals surface area contributed by atoms with Crippen LogP contribution in [0.15, 0.2) is 36.9 Å². The maximum atomic E-state index is 5.84. The van der Waals surface area contributed by atoms with E-state index in [0.29, 0.717) is 21.5 Å². The van der Waals surface area contributed by atoms with Gasteiger partial charge in [-0.25, -0.2) is 9.97 Å². The number of halogens is 2. The number of hydrogen-bond donors (Lipinski definition) is 0. The van der Waals surface area contributed by atoms with Gasteiger partial charge in [0.2, 0.25) is 0 Å². The second kappa shape index (κ2) is 4.47. The van der Waals surface area contributed by atoms with Gasteiger partial charge in [0.1, 0.15) is 12.1 Å². The molecule has 1 aromatic carbocycles. The summed E-state index contributed by atoms with van der Waals surface area (Å²) in [6.45, 7) is 0. The van der Waals surface area contributed by atoms with E-state index in [1.807, 2.05) is 0 Å². The molecule has 2 aromatic rings. The van der Waals surface area contributed by atoms with Crippen LogP contribution < -0.4 is 4.74 Å². The summed E-state index contributed by atoms with van der Waals surface area (Å²) in [5, 5.41) is 0.944. The summed E-state index contributed by atoms with van der Waals surface area (Å²) in [6, 6.07) is 5.03. The van der Waals surface area contributed by atoms with Gasteiger partial charge < -0.3 is 4.74 Å². The number of nitrogens with zero attached hydrogens (tertiary/aromatic N) is 2. The molecular weight excluding hydrogens is 235 g/mol. The average molecular weight is 241 g/mol. The molecule has 0 saturated carbocycles. The third kappa shape index (κ3) is 2.58. The Hall–Kier alpha value is -1.32. The van der Waals surface area contributed by atoms with Crippen molar-refractivity contribution in [3.8, 4) is 11.5 Å². The molecule has 0 N–H and O–H groups in total. The Morgan fingerprint density at radius 2 is 1.67 bits per heavy atom. The van der Waals surface area contributed by atoms with Crippen molar-refractivity contribution in [2.75, 3.05) is 0 Å². The van der Waals surface area contributed by atoms with Crippen LogP contribution in [0.4, 0.5) is 0 Å². The Kier molecular flexibility index (Phi) is 3.04. The van der Waals surface area contributed by atoms with E-state index >= 15 is 0 Å². The van der Waals surface area contributed by atoms with Crippen LogP contribution in [0.2, 0.25) is 10.0 Å². The first-order valence-corrected chi connectivity index (χ1v) is 4.89. The number of ether oxygens (including phenoxy) is 1. The molecule has 0 fully saturated rings. The Bertz CT molecular complexity index is 462. The second-order valence-corrected chi connectivity index (χ2v) is 3.57. The molecule has 3 nitrogen and oxygen atoms in total. The van der Waals surface area contributed by atoms with Crippen molar-refractivity contribution in [2.45, 2.75) is 0 Å². The van der Waals surface area contributed by atoms with E-state index in [-0.39, 0.29) is 0 Å². The molecule has 0 aliphatic heterocycles. The fourth-order valence-electron chi connectivity index (χ4n) is 1.01. The lowest BCUT2D eigenvalue weighted by atomic mass is 10.3. The van der Waals surface area contributed by atoms with Crippen LogP contribution in [0.1, 0.15) is 0 Å². The van der Waals surface area contributed by atoms with Crippen LogP contribution in [0.25, 0.3) is 0 Å². The standard InChI is InChI=1S/C10H6Cl2N2O/c11-9-2-1-7(3-10(9)12)15-8-4-13-6-14-5-8/h1-6H. The summed E-state index contributed by atoms with van der Waals surface area (Å²) < 4.78 is 5.45. The van der Waals surface area contributed by atoms with Gasteiger partial charge in [-0.15, -0.1) is 0 Å². The van der Waals surface area contributed by atoms with Gasteiger partial charge in [-0.05, 0) is 12.1 Å². The van der Waals surface area contributed by atoms with Gasteiger partial charge in [-0.2, -0.15) is 0 Å². The van der Waals surface area contributed by atoms with E-state index in [1.165, 1.54) is 6.33 Å². The van der Waals surface area contributed by atoms with Crippen LogP contribution in [0.5, 0.6) is 11.5 Å². The molecule has 76 valence electrons. The Morgan fingerprint density at radius 3 is 2.33 bits per heavy atom. The zero-order chi connectivity index (χ0) is 10.7. The third-order valence-electron chi connectivity index (χ3n) is 1.66. The quantitative estimate of drug-likeness (QED) is 0.805. The lowest BCUT2D eigenvalue weighted by Gasteiger charge is -2.04. The number of benzene rings is 1. The van der Waals surface area contributed by atoms with Crippen molar-refractivity contribution in [3.05, 3.63) is 47.0 Å². The summed E-state index contributed by atoms with van der Waals surface area (Å²) in [5.74, 6) is 1.15. The molecule has 15 heavy (non-hydrogen) atoms. The minimum atomic E-state index is 0.450. The van der Waals surface area contributed by atoms with E-state index in [9.17, 15) is 0 Å². The predicted octanol–water partition coefficient (Wildman–Crippen LogP) is 3.58. The molecule has 0 aliphatic rings. The number of aromatic nitrogens is 2. The Balaban J connectivity index is 2.22. The minimum absolute atomic E-state index is 0.450. The molecule has 0 aliphatic carbocycles. The lowest BCUT2D eigenvalue weighted by Crippen LogP contribution is -1.86. The fourth-order valence-corrected chi connectivity index (χ4v) is 1.30. The van der Waals surface area contributed by atoms with Crippen molar-refractivity contribution in [2.24, 2.45) is 0 Å². The van der Waals surface area contributed by atoms with E-state index < -0.39 is 0 Å². The zero-order valence-electron chi connectivity index (χ0n) is 7.52. The van der Waals surface area contributed by atoms with Gasteiger partial charge in [0.25, 0.3) is 0 Å². The lowest BCUT2D eigenvalue weighted by molar-refractivity contribution is 0.477. The smallest absolute Gasteiger partial charge is 0.163 e. The fraction of sp³-hybridized carbons (Fsp3) is 0. The number of hydrogen-bond acceptors (Lipinski definition) is 3. The van der Waals surface area contributed by atoms with Gasteiger partial charge in [0.15, 0.2) is 5.75 Å². The topological polar surface area (TPSA) is 35.0 Å². The summed E-state index contributed by atoms with van der Waals surface area (Å²) in [7, 11) is 0. The SMILES string of the molecule is Clc1ccc(Oc2cncnc2)cc1Cl. The second-order valence-electron chi connectivity index (χ2n) is 2.75. The molecule has 2 rings (SSSR count). The largest absolute Gasteiger partial charge is 0.454 e. The van der Waals surface area contributed by atoms with Crippen molar-refractivity contribution in [3.63, 3.8) is 0 Å². The Morgan fingerprint density at radius 1 is 0.933 bits per heavy atom. The van der Waals surface area contributed by atoms with Gasteiger partial charge in [0, 0.05) is 6.07 Å². The maximum absolute atomic E-state index is 5.84. The van der Waals surface area contributed by atoms with E-state index in [4.69, 9.17) is 27.9 Å². The van der Waals surface area contributed by atoms with Crippen molar-refractivity contribution >= 4 is 23.2 Å². The van der Waals surface area contributed by atoms with E-state index in [1.54, 1.807) is 30.6 Å². The minimum Gasteiger partial charge on any atom is -0.454 e. The monoisotopic (exact) mass is 240 g/mol. The average Bonchev–Trinajstić information content (AvgIpc) is 2.25. The highest BCUT2D eigenvalue weighted by molar-refractivity contribution is 6.42. The highest BCUT2D eigenvalue weighted by Crippen LogP contribution is 2.28. The molecule has 0 unspecified atom stereocenters. The van der Waals surface area contributed by atoms with Gasteiger partial charge in [-0.3, -0.25) is 0 Å². The molecule has 0 saturated heterocycles. The molecular formula is C10H6Cl2N2O. The normalized spacial score (nSPS) is 10.0. The molecule has 0 amide bonds. The molecule has 1 heterocycles. The van der Waals surface area contributed by atoms with Crippen LogP contribution in [0.3, 0.4) is 0 Å². The van der Waals surface area contributed by atoms with Crippen LogP contribution in [0, 0.1) is 0 Å². The third-order valence-corrected chi connectivity index (χ3v) is 2.40. The van der Waals surface area contributed by atoms with Crippen LogP contribution in [-0.2, 0) is 0 Å². The first-order chi connectivity index (χ1) is 7.25. The van der Waals surface area contributed by atoms with Gasteiger partial charge in [-0.1, -0.05) is 23.2 Å². The molecule has 5 heteroatoms. The Labute approximate surface area is 96.6 Å². The molecule has 0 radical (unpaired) electrons. The molecule has 0 atom stereocenters. The van der Waals surface area contributed by atoms with Crippen molar-refractivity contribution in [1.82, 2.24) is 9.97 Å². The maximum Gasteiger partial charge on any atom is 0.163 e. The molecule has 0 bridgehead atoms. The summed E-state index contributed by atoms with van der Waals surface area (Å²) in [6.07, 6.45) is 4.56. The zero-order valence-corrected chi connectivity index (χ0v) is 9.03.